The number of ether oxygens (including phenoxy) is 1. The average molecular weight is 248 g/mol. The zero-order chi connectivity index (χ0) is 13.0. The van der Waals surface area contributed by atoms with Crippen molar-refractivity contribution < 1.29 is 9.53 Å². The number of carbonyl (C=O) groups is 1. The van der Waals surface area contributed by atoms with E-state index in [2.05, 4.69) is 5.32 Å². The van der Waals surface area contributed by atoms with E-state index in [0.29, 0.717) is 23.9 Å². The first-order valence-corrected chi connectivity index (χ1v) is 6.43. The van der Waals surface area contributed by atoms with Crippen LogP contribution in [-0.2, 0) is 4.74 Å². The van der Waals surface area contributed by atoms with E-state index in [1.54, 1.807) is 12.1 Å². The molecule has 1 aliphatic heterocycles. The molecule has 3 N–H and O–H groups in total. The third-order valence-corrected chi connectivity index (χ3v) is 3.27. The van der Waals surface area contributed by atoms with Crippen LogP contribution in [0, 0.1) is 6.92 Å². The van der Waals surface area contributed by atoms with Gasteiger partial charge in [0, 0.05) is 24.4 Å². The van der Waals surface area contributed by atoms with Crippen LogP contribution in [0.5, 0.6) is 0 Å². The Morgan fingerprint density at radius 2 is 2.39 bits per heavy atom. The molecule has 98 valence electrons. The van der Waals surface area contributed by atoms with Gasteiger partial charge in [-0.2, -0.15) is 0 Å². The lowest BCUT2D eigenvalue weighted by atomic mass is 10.1. The van der Waals surface area contributed by atoms with Gasteiger partial charge in [0.25, 0.3) is 5.91 Å². The summed E-state index contributed by atoms with van der Waals surface area (Å²) in [6.07, 6.45) is 3.45. The van der Waals surface area contributed by atoms with Gasteiger partial charge in [-0.1, -0.05) is 0 Å². The Hall–Kier alpha value is -1.55. The number of aryl methyl sites for hydroxylation is 1. The fraction of sp³-hybridized carbons (Fsp3) is 0.500. The summed E-state index contributed by atoms with van der Waals surface area (Å²) < 4.78 is 5.51. The van der Waals surface area contributed by atoms with Crippen LogP contribution in [0.1, 0.15) is 35.2 Å². The number of nitrogens with one attached hydrogen (secondary N) is 1. The molecule has 1 amide bonds. The van der Waals surface area contributed by atoms with E-state index in [-0.39, 0.29) is 5.91 Å². The van der Waals surface area contributed by atoms with Gasteiger partial charge in [0.1, 0.15) is 0 Å². The zero-order valence-corrected chi connectivity index (χ0v) is 10.7. The quantitative estimate of drug-likeness (QED) is 0.800. The maximum Gasteiger partial charge on any atom is 0.251 e. The van der Waals surface area contributed by atoms with Crippen molar-refractivity contribution in [1.82, 2.24) is 5.32 Å². The second-order valence-electron chi connectivity index (χ2n) is 4.75. The first-order chi connectivity index (χ1) is 8.66. The molecular formula is C14H20N2O2. The van der Waals surface area contributed by atoms with Gasteiger partial charge in [-0.25, -0.2) is 0 Å². The normalized spacial score (nSPS) is 18.8. The van der Waals surface area contributed by atoms with Gasteiger partial charge < -0.3 is 15.8 Å². The van der Waals surface area contributed by atoms with Crippen molar-refractivity contribution in [2.45, 2.75) is 32.3 Å². The highest BCUT2D eigenvalue weighted by Crippen LogP contribution is 2.15. The number of amides is 1. The van der Waals surface area contributed by atoms with Crippen molar-refractivity contribution in [2.24, 2.45) is 0 Å². The van der Waals surface area contributed by atoms with Gasteiger partial charge in [0.05, 0.1) is 6.10 Å². The van der Waals surface area contributed by atoms with Crippen molar-refractivity contribution in [2.75, 3.05) is 18.9 Å². The summed E-state index contributed by atoms with van der Waals surface area (Å²) in [7, 11) is 0. The number of benzene rings is 1. The number of hydrogen-bond acceptors (Lipinski definition) is 3. The number of carbonyl (C=O) groups excluding carboxylic acids is 1. The van der Waals surface area contributed by atoms with E-state index in [0.717, 1.165) is 31.4 Å². The van der Waals surface area contributed by atoms with Crippen LogP contribution in [0.3, 0.4) is 0 Å². The highest BCUT2D eigenvalue weighted by atomic mass is 16.5. The molecular weight excluding hydrogens is 228 g/mol. The molecule has 1 aromatic rings. The minimum atomic E-state index is -0.0366. The van der Waals surface area contributed by atoms with E-state index in [9.17, 15) is 4.79 Å². The molecule has 0 saturated carbocycles. The lowest BCUT2D eigenvalue weighted by molar-refractivity contribution is 0.0907. The summed E-state index contributed by atoms with van der Waals surface area (Å²) in [6.45, 7) is 3.41. The molecule has 1 aliphatic rings. The second-order valence-corrected chi connectivity index (χ2v) is 4.75. The van der Waals surface area contributed by atoms with E-state index >= 15 is 0 Å². The Balaban J connectivity index is 1.83. The van der Waals surface area contributed by atoms with Gasteiger partial charge in [0.15, 0.2) is 0 Å². The molecule has 4 nitrogen and oxygen atoms in total. The summed E-state index contributed by atoms with van der Waals surface area (Å²) >= 11 is 0. The molecule has 1 heterocycles. The second kappa shape index (κ2) is 5.87. The largest absolute Gasteiger partial charge is 0.399 e. The molecule has 0 bridgehead atoms. The fourth-order valence-electron chi connectivity index (χ4n) is 2.26. The van der Waals surface area contributed by atoms with Crippen molar-refractivity contribution in [3.05, 3.63) is 29.3 Å². The third kappa shape index (κ3) is 3.23. The Morgan fingerprint density at radius 1 is 1.56 bits per heavy atom. The van der Waals surface area contributed by atoms with E-state index in [1.807, 2.05) is 13.0 Å². The minimum absolute atomic E-state index is 0.0366. The van der Waals surface area contributed by atoms with Crippen LogP contribution in [0.15, 0.2) is 18.2 Å². The van der Waals surface area contributed by atoms with Crippen LogP contribution < -0.4 is 11.1 Å². The smallest absolute Gasteiger partial charge is 0.251 e. The first-order valence-electron chi connectivity index (χ1n) is 6.43. The van der Waals surface area contributed by atoms with Crippen molar-refractivity contribution in [3.63, 3.8) is 0 Å². The summed E-state index contributed by atoms with van der Waals surface area (Å²) in [5, 5.41) is 2.93. The summed E-state index contributed by atoms with van der Waals surface area (Å²) in [6, 6.07) is 5.34. The van der Waals surface area contributed by atoms with Crippen LogP contribution in [0.25, 0.3) is 0 Å². The van der Waals surface area contributed by atoms with Gasteiger partial charge in [-0.3, -0.25) is 4.79 Å². The topological polar surface area (TPSA) is 64.4 Å². The molecule has 1 fully saturated rings. The van der Waals surface area contributed by atoms with Crippen molar-refractivity contribution in [3.8, 4) is 0 Å². The minimum Gasteiger partial charge on any atom is -0.399 e. The molecule has 0 spiro atoms. The van der Waals surface area contributed by atoms with E-state index in [4.69, 9.17) is 10.5 Å². The summed E-state index contributed by atoms with van der Waals surface area (Å²) in [5.74, 6) is -0.0366. The van der Waals surface area contributed by atoms with Crippen LogP contribution in [0.2, 0.25) is 0 Å². The predicted octanol–water partition coefficient (Wildman–Crippen LogP) is 1.88. The van der Waals surface area contributed by atoms with Crippen LogP contribution in [-0.4, -0.2) is 25.2 Å². The maximum atomic E-state index is 12.0. The molecule has 4 heteroatoms. The molecule has 1 unspecified atom stereocenters. The molecule has 1 saturated heterocycles. The number of anilines is 1. The Kier molecular flexibility index (Phi) is 4.20. The van der Waals surface area contributed by atoms with E-state index in [1.165, 1.54) is 0 Å². The monoisotopic (exact) mass is 248 g/mol. The van der Waals surface area contributed by atoms with Crippen LogP contribution >= 0.6 is 0 Å². The molecule has 1 atom stereocenters. The lowest BCUT2D eigenvalue weighted by Crippen LogP contribution is -2.27. The highest BCUT2D eigenvalue weighted by Gasteiger charge is 2.15. The predicted molar refractivity (Wildman–Crippen MR) is 71.5 cm³/mol. The molecule has 1 aromatic carbocycles. The maximum absolute atomic E-state index is 12.0. The van der Waals surface area contributed by atoms with Gasteiger partial charge >= 0.3 is 0 Å². The van der Waals surface area contributed by atoms with Gasteiger partial charge in [-0.15, -0.1) is 0 Å². The number of nitrogen functional groups attached to an aromatic ring is 1. The highest BCUT2D eigenvalue weighted by molar-refractivity contribution is 5.95. The molecule has 18 heavy (non-hydrogen) atoms. The van der Waals surface area contributed by atoms with Crippen molar-refractivity contribution >= 4 is 11.6 Å². The standard InChI is InChI=1S/C14H20N2O2/c1-10-9-11(15)4-5-13(10)14(17)16-7-6-12-3-2-8-18-12/h4-5,9,12H,2-3,6-8,15H2,1H3,(H,16,17). The van der Waals surface area contributed by atoms with Gasteiger partial charge in [-0.05, 0) is 49.9 Å². The first kappa shape index (κ1) is 12.9. The van der Waals surface area contributed by atoms with Crippen molar-refractivity contribution in [1.29, 1.82) is 0 Å². The average Bonchev–Trinajstić information content (AvgIpc) is 2.81. The Labute approximate surface area is 108 Å². The molecule has 0 aromatic heterocycles. The molecule has 0 aliphatic carbocycles. The summed E-state index contributed by atoms with van der Waals surface area (Å²) in [5.41, 5.74) is 7.94. The SMILES string of the molecule is Cc1cc(N)ccc1C(=O)NCCC1CCCO1. The number of nitrogens with two attached hydrogens (primary N) is 1. The molecule has 2 rings (SSSR count). The summed E-state index contributed by atoms with van der Waals surface area (Å²) in [4.78, 5) is 12.0. The third-order valence-electron chi connectivity index (χ3n) is 3.27. The van der Waals surface area contributed by atoms with Gasteiger partial charge in [0.2, 0.25) is 0 Å². The number of rotatable bonds is 4. The zero-order valence-electron chi connectivity index (χ0n) is 10.7. The Bertz CT molecular complexity index is 426. The lowest BCUT2D eigenvalue weighted by Gasteiger charge is -2.11. The Morgan fingerprint density at radius 3 is 3.06 bits per heavy atom. The fourth-order valence-corrected chi connectivity index (χ4v) is 2.26. The number of hydrogen-bond donors (Lipinski definition) is 2. The molecule has 0 radical (unpaired) electrons. The van der Waals surface area contributed by atoms with E-state index < -0.39 is 0 Å². The van der Waals surface area contributed by atoms with Crippen LogP contribution in [0.4, 0.5) is 5.69 Å².